The molecule has 1 atom stereocenters. The number of aliphatic carboxylic acids is 1. The van der Waals surface area contributed by atoms with Crippen molar-refractivity contribution in [2.75, 3.05) is 0 Å². The normalized spacial score (nSPS) is 16.4. The Kier molecular flexibility index (Phi) is 3.93. The summed E-state index contributed by atoms with van der Waals surface area (Å²) in [6.45, 7) is 3.88. The van der Waals surface area contributed by atoms with Gasteiger partial charge in [0, 0.05) is 12.2 Å². The number of hydrogen-bond donors (Lipinski definition) is 2. The van der Waals surface area contributed by atoms with E-state index in [4.69, 9.17) is 5.11 Å². The van der Waals surface area contributed by atoms with Crippen molar-refractivity contribution in [3.05, 3.63) is 24.0 Å². The number of rotatable bonds is 6. The molecule has 1 heterocycles. The summed E-state index contributed by atoms with van der Waals surface area (Å²) in [5, 5.41) is 11.8. The number of carbonyl (C=O) groups excluding carboxylic acids is 1. The number of nitrogens with one attached hydrogen (secondary N) is 1. The minimum atomic E-state index is -0.980. The first kappa shape index (κ1) is 13.6. The van der Waals surface area contributed by atoms with E-state index in [1.807, 2.05) is 30.7 Å². The van der Waals surface area contributed by atoms with Gasteiger partial charge in [-0.3, -0.25) is 4.79 Å². The summed E-state index contributed by atoms with van der Waals surface area (Å²) in [6.07, 6.45) is 4.49. The fraction of sp³-hybridized carbons (Fsp3) is 0.571. The third kappa shape index (κ3) is 3.36. The van der Waals surface area contributed by atoms with Crippen LogP contribution in [0.5, 0.6) is 0 Å². The summed E-state index contributed by atoms with van der Waals surface area (Å²) >= 11 is 0. The standard InChI is InChI=1S/C14H20N2O3/c1-9(2)8-11(14(18)19)15-13(17)12-4-3-7-16(12)10-5-6-10/h3-4,7,9-11H,5-6,8H2,1-2H3,(H,15,17)(H,18,19). The van der Waals surface area contributed by atoms with E-state index in [1.165, 1.54) is 0 Å². The van der Waals surface area contributed by atoms with Gasteiger partial charge in [0.2, 0.25) is 0 Å². The van der Waals surface area contributed by atoms with Crippen molar-refractivity contribution in [3.63, 3.8) is 0 Å². The summed E-state index contributed by atoms with van der Waals surface area (Å²) in [5.41, 5.74) is 0.553. The molecule has 0 aliphatic heterocycles. The molecule has 1 aromatic rings. The lowest BCUT2D eigenvalue weighted by molar-refractivity contribution is -0.139. The molecule has 1 aromatic heterocycles. The van der Waals surface area contributed by atoms with E-state index < -0.39 is 12.0 Å². The van der Waals surface area contributed by atoms with Crippen LogP contribution in [0.2, 0.25) is 0 Å². The highest BCUT2D eigenvalue weighted by molar-refractivity contribution is 5.95. The molecule has 0 aromatic carbocycles. The highest BCUT2D eigenvalue weighted by atomic mass is 16.4. The van der Waals surface area contributed by atoms with Crippen molar-refractivity contribution >= 4 is 11.9 Å². The van der Waals surface area contributed by atoms with Crippen LogP contribution < -0.4 is 5.32 Å². The second-order valence-electron chi connectivity index (χ2n) is 5.53. The number of carbonyl (C=O) groups is 2. The van der Waals surface area contributed by atoms with E-state index in [0.29, 0.717) is 18.2 Å². The smallest absolute Gasteiger partial charge is 0.326 e. The van der Waals surface area contributed by atoms with Gasteiger partial charge in [-0.1, -0.05) is 13.8 Å². The summed E-state index contributed by atoms with van der Waals surface area (Å²) in [4.78, 5) is 23.3. The van der Waals surface area contributed by atoms with Crippen molar-refractivity contribution < 1.29 is 14.7 Å². The van der Waals surface area contributed by atoms with Gasteiger partial charge in [-0.05, 0) is 37.3 Å². The Morgan fingerprint density at radius 2 is 2.16 bits per heavy atom. The quantitative estimate of drug-likeness (QED) is 0.826. The minimum absolute atomic E-state index is 0.219. The number of aromatic nitrogens is 1. The molecule has 2 rings (SSSR count). The zero-order valence-corrected chi connectivity index (χ0v) is 11.3. The lowest BCUT2D eigenvalue weighted by Gasteiger charge is -2.17. The summed E-state index contributed by atoms with van der Waals surface area (Å²) < 4.78 is 1.93. The van der Waals surface area contributed by atoms with Gasteiger partial charge in [-0.15, -0.1) is 0 Å². The molecule has 1 amide bonds. The summed E-state index contributed by atoms with van der Waals surface area (Å²) in [5.74, 6) is -1.06. The zero-order valence-electron chi connectivity index (χ0n) is 11.3. The Balaban J connectivity index is 2.06. The maximum atomic E-state index is 12.2. The van der Waals surface area contributed by atoms with Crippen molar-refractivity contribution in [3.8, 4) is 0 Å². The molecular formula is C14H20N2O3. The van der Waals surface area contributed by atoms with E-state index in [1.54, 1.807) is 6.07 Å². The van der Waals surface area contributed by atoms with E-state index in [9.17, 15) is 9.59 Å². The molecule has 1 aliphatic rings. The van der Waals surface area contributed by atoms with Crippen LogP contribution in [0.15, 0.2) is 18.3 Å². The van der Waals surface area contributed by atoms with Gasteiger partial charge in [-0.2, -0.15) is 0 Å². The van der Waals surface area contributed by atoms with Gasteiger partial charge in [0.05, 0.1) is 0 Å². The van der Waals surface area contributed by atoms with Gasteiger partial charge >= 0.3 is 5.97 Å². The topological polar surface area (TPSA) is 71.3 Å². The fourth-order valence-electron chi connectivity index (χ4n) is 2.18. The van der Waals surface area contributed by atoms with Gasteiger partial charge < -0.3 is 15.0 Å². The molecule has 1 unspecified atom stereocenters. The predicted octanol–water partition coefficient (Wildman–Crippen LogP) is 2.05. The Morgan fingerprint density at radius 3 is 2.68 bits per heavy atom. The molecule has 1 aliphatic carbocycles. The third-order valence-electron chi connectivity index (χ3n) is 3.26. The zero-order chi connectivity index (χ0) is 14.0. The lowest BCUT2D eigenvalue weighted by atomic mass is 10.0. The van der Waals surface area contributed by atoms with E-state index in [-0.39, 0.29) is 11.8 Å². The van der Waals surface area contributed by atoms with Crippen LogP contribution in [0.4, 0.5) is 0 Å². The first-order valence-corrected chi connectivity index (χ1v) is 6.69. The Morgan fingerprint density at radius 1 is 1.47 bits per heavy atom. The third-order valence-corrected chi connectivity index (χ3v) is 3.26. The largest absolute Gasteiger partial charge is 0.480 e. The highest BCUT2D eigenvalue weighted by Crippen LogP contribution is 2.35. The molecule has 1 fully saturated rings. The first-order valence-electron chi connectivity index (χ1n) is 6.69. The van der Waals surface area contributed by atoms with Crippen LogP contribution in [-0.4, -0.2) is 27.6 Å². The van der Waals surface area contributed by atoms with Crippen LogP contribution in [0, 0.1) is 5.92 Å². The van der Waals surface area contributed by atoms with Crippen molar-refractivity contribution in [2.45, 2.75) is 45.2 Å². The monoisotopic (exact) mass is 264 g/mol. The van der Waals surface area contributed by atoms with Gasteiger partial charge in [-0.25, -0.2) is 4.79 Å². The van der Waals surface area contributed by atoms with E-state index in [2.05, 4.69) is 5.32 Å². The van der Waals surface area contributed by atoms with Crippen molar-refractivity contribution in [2.24, 2.45) is 5.92 Å². The second-order valence-corrected chi connectivity index (χ2v) is 5.53. The highest BCUT2D eigenvalue weighted by Gasteiger charge is 2.28. The summed E-state index contributed by atoms with van der Waals surface area (Å²) in [6, 6.07) is 3.15. The number of nitrogens with zero attached hydrogens (tertiary/aromatic N) is 1. The molecular weight excluding hydrogens is 244 g/mol. The number of carboxylic acids is 1. The lowest BCUT2D eigenvalue weighted by Crippen LogP contribution is -2.42. The van der Waals surface area contributed by atoms with Crippen molar-refractivity contribution in [1.29, 1.82) is 0 Å². The average molecular weight is 264 g/mol. The van der Waals surface area contributed by atoms with Crippen LogP contribution in [0.1, 0.15) is 49.6 Å². The molecule has 0 saturated heterocycles. The van der Waals surface area contributed by atoms with Gasteiger partial charge in [0.1, 0.15) is 11.7 Å². The Bertz CT molecular complexity index is 475. The molecule has 0 bridgehead atoms. The molecule has 104 valence electrons. The summed E-state index contributed by atoms with van der Waals surface area (Å²) in [7, 11) is 0. The molecule has 5 heteroatoms. The first-order chi connectivity index (χ1) is 8.99. The Labute approximate surface area is 112 Å². The molecule has 2 N–H and O–H groups in total. The molecule has 0 spiro atoms. The Hall–Kier alpha value is -1.78. The molecule has 19 heavy (non-hydrogen) atoms. The number of hydrogen-bond acceptors (Lipinski definition) is 2. The SMILES string of the molecule is CC(C)CC(NC(=O)c1cccn1C1CC1)C(=O)O. The van der Waals surface area contributed by atoms with Crippen LogP contribution >= 0.6 is 0 Å². The van der Waals surface area contributed by atoms with E-state index in [0.717, 1.165) is 12.8 Å². The molecule has 1 saturated carbocycles. The molecule has 5 nitrogen and oxygen atoms in total. The van der Waals surface area contributed by atoms with E-state index >= 15 is 0 Å². The fourth-order valence-corrected chi connectivity index (χ4v) is 2.18. The molecule has 0 radical (unpaired) electrons. The van der Waals surface area contributed by atoms with Crippen LogP contribution in [0.3, 0.4) is 0 Å². The average Bonchev–Trinajstić information content (AvgIpc) is 3.05. The predicted molar refractivity (Wildman–Crippen MR) is 71.0 cm³/mol. The number of carboxylic acid groups (broad SMARTS) is 1. The van der Waals surface area contributed by atoms with Gasteiger partial charge in [0.15, 0.2) is 0 Å². The maximum Gasteiger partial charge on any atom is 0.326 e. The van der Waals surface area contributed by atoms with Gasteiger partial charge in [0.25, 0.3) is 5.91 Å². The number of amides is 1. The maximum absolute atomic E-state index is 12.2. The van der Waals surface area contributed by atoms with Crippen molar-refractivity contribution in [1.82, 2.24) is 9.88 Å². The minimum Gasteiger partial charge on any atom is -0.480 e. The van der Waals surface area contributed by atoms with Crippen LogP contribution in [-0.2, 0) is 4.79 Å². The van der Waals surface area contributed by atoms with Crippen LogP contribution in [0.25, 0.3) is 0 Å². The second kappa shape index (κ2) is 5.47.